The first-order valence-electron chi connectivity index (χ1n) is 4.95. The number of carbonyl (C=O) groups excluding carboxylic acids is 1. The largest absolute Gasteiger partial charge is 0.478 e. The van der Waals surface area contributed by atoms with Crippen molar-refractivity contribution in [3.8, 4) is 0 Å². The van der Waals surface area contributed by atoms with E-state index in [4.69, 9.17) is 5.11 Å². The highest BCUT2D eigenvalue weighted by molar-refractivity contribution is 9.10. The van der Waals surface area contributed by atoms with E-state index in [1.807, 2.05) is 0 Å². The number of benzene rings is 1. The van der Waals surface area contributed by atoms with Gasteiger partial charge in [0.2, 0.25) is 0 Å². The van der Waals surface area contributed by atoms with Crippen LogP contribution in [0.25, 0.3) is 0 Å². The van der Waals surface area contributed by atoms with Gasteiger partial charge in [-0.15, -0.1) is 11.3 Å². The fraction of sp³-hybridized carbons (Fsp3) is 0. The molecule has 0 unspecified atom stereocenters. The molecule has 1 amide bonds. The molecule has 2 rings (SSSR count). The number of amides is 1. The summed E-state index contributed by atoms with van der Waals surface area (Å²) in [6.07, 6.45) is 0. The zero-order valence-corrected chi connectivity index (χ0v) is 11.4. The molecule has 0 aliphatic rings. The highest BCUT2D eigenvalue weighted by atomic mass is 79.9. The summed E-state index contributed by atoms with van der Waals surface area (Å²) in [5.74, 6) is -1.29. The first kappa shape index (κ1) is 12.8. The number of carbonyl (C=O) groups is 2. The summed E-state index contributed by atoms with van der Waals surface area (Å²) >= 11 is 4.53. The fourth-order valence-corrected chi connectivity index (χ4v) is 2.50. The summed E-state index contributed by atoms with van der Waals surface area (Å²) < 4.78 is 0.601. The van der Waals surface area contributed by atoms with Crippen LogP contribution in [0.5, 0.6) is 0 Å². The number of halogens is 1. The molecule has 2 N–H and O–H groups in total. The Bertz CT molecular complexity index is 595. The SMILES string of the molecule is O=C(O)c1cc(Br)cc(NC(=O)c2cccs2)c1. The highest BCUT2D eigenvalue weighted by Crippen LogP contribution is 2.21. The lowest BCUT2D eigenvalue weighted by molar-refractivity contribution is 0.0696. The van der Waals surface area contributed by atoms with Crippen molar-refractivity contribution in [2.24, 2.45) is 0 Å². The maximum Gasteiger partial charge on any atom is 0.335 e. The molecule has 2 aromatic rings. The summed E-state index contributed by atoms with van der Waals surface area (Å²) in [6.45, 7) is 0. The van der Waals surface area contributed by atoms with Crippen LogP contribution in [-0.4, -0.2) is 17.0 Å². The topological polar surface area (TPSA) is 66.4 Å². The summed E-state index contributed by atoms with van der Waals surface area (Å²) in [5, 5.41) is 13.4. The van der Waals surface area contributed by atoms with Gasteiger partial charge in [0.15, 0.2) is 0 Å². The van der Waals surface area contributed by atoms with Crippen molar-refractivity contribution in [3.63, 3.8) is 0 Å². The molecule has 4 nitrogen and oxygen atoms in total. The maximum absolute atomic E-state index is 11.8. The second-order valence-corrected chi connectivity index (χ2v) is 5.33. The van der Waals surface area contributed by atoms with Gasteiger partial charge in [0.05, 0.1) is 10.4 Å². The quantitative estimate of drug-likeness (QED) is 0.908. The number of aromatic carboxylic acids is 1. The molecule has 6 heteroatoms. The van der Waals surface area contributed by atoms with Crippen molar-refractivity contribution in [1.29, 1.82) is 0 Å². The van der Waals surface area contributed by atoms with Crippen LogP contribution in [0.2, 0.25) is 0 Å². The van der Waals surface area contributed by atoms with Crippen LogP contribution in [0.4, 0.5) is 5.69 Å². The number of carboxylic acids is 1. The van der Waals surface area contributed by atoms with E-state index >= 15 is 0 Å². The Balaban J connectivity index is 2.24. The monoisotopic (exact) mass is 325 g/mol. The van der Waals surface area contributed by atoms with Crippen molar-refractivity contribution in [2.75, 3.05) is 5.32 Å². The van der Waals surface area contributed by atoms with Crippen LogP contribution in [0, 0.1) is 0 Å². The van der Waals surface area contributed by atoms with Gasteiger partial charge >= 0.3 is 5.97 Å². The Hall–Kier alpha value is -1.66. The molecule has 0 atom stereocenters. The lowest BCUT2D eigenvalue weighted by atomic mass is 10.2. The minimum absolute atomic E-state index is 0.117. The van der Waals surface area contributed by atoms with Crippen LogP contribution in [0.15, 0.2) is 40.2 Å². The third-order valence-corrected chi connectivity index (χ3v) is 3.47. The first-order chi connectivity index (χ1) is 8.56. The average Bonchev–Trinajstić information content (AvgIpc) is 2.81. The molecule has 0 aliphatic carbocycles. The maximum atomic E-state index is 11.8. The van der Waals surface area contributed by atoms with Gasteiger partial charge in [0, 0.05) is 10.2 Å². The van der Waals surface area contributed by atoms with Gasteiger partial charge in [-0.1, -0.05) is 22.0 Å². The van der Waals surface area contributed by atoms with E-state index in [1.54, 1.807) is 23.6 Å². The smallest absolute Gasteiger partial charge is 0.335 e. The van der Waals surface area contributed by atoms with Crippen LogP contribution in [0.1, 0.15) is 20.0 Å². The van der Waals surface area contributed by atoms with Gasteiger partial charge in [-0.3, -0.25) is 4.79 Å². The Morgan fingerprint density at radius 1 is 1.28 bits per heavy atom. The molecule has 0 fully saturated rings. The van der Waals surface area contributed by atoms with E-state index in [0.717, 1.165) is 0 Å². The fourth-order valence-electron chi connectivity index (χ4n) is 1.39. The predicted octanol–water partition coefficient (Wildman–Crippen LogP) is 3.46. The van der Waals surface area contributed by atoms with E-state index in [-0.39, 0.29) is 11.5 Å². The first-order valence-corrected chi connectivity index (χ1v) is 6.62. The van der Waals surface area contributed by atoms with Crippen LogP contribution in [0.3, 0.4) is 0 Å². The Kier molecular flexibility index (Phi) is 3.78. The molecule has 0 aliphatic heterocycles. The third kappa shape index (κ3) is 2.96. The molecule has 1 aromatic carbocycles. The molecule has 1 aromatic heterocycles. The second-order valence-electron chi connectivity index (χ2n) is 3.47. The van der Waals surface area contributed by atoms with E-state index in [9.17, 15) is 9.59 Å². The van der Waals surface area contributed by atoms with Gasteiger partial charge in [-0.05, 0) is 29.6 Å². The van der Waals surface area contributed by atoms with Crippen molar-refractivity contribution in [3.05, 3.63) is 50.6 Å². The number of rotatable bonds is 3. The molecule has 92 valence electrons. The van der Waals surface area contributed by atoms with Gasteiger partial charge in [-0.25, -0.2) is 4.79 Å². The molecular formula is C12H8BrNO3S. The minimum Gasteiger partial charge on any atom is -0.478 e. The molecule has 0 saturated heterocycles. The van der Waals surface area contributed by atoms with E-state index in [2.05, 4.69) is 21.2 Å². The molecule has 0 saturated carbocycles. The lowest BCUT2D eigenvalue weighted by Crippen LogP contribution is -2.10. The van der Waals surface area contributed by atoms with Gasteiger partial charge in [0.1, 0.15) is 0 Å². The summed E-state index contributed by atoms with van der Waals surface area (Å²) in [7, 11) is 0. The number of carboxylic acid groups (broad SMARTS) is 1. The van der Waals surface area contributed by atoms with Crippen LogP contribution < -0.4 is 5.32 Å². The Morgan fingerprint density at radius 3 is 2.67 bits per heavy atom. The van der Waals surface area contributed by atoms with E-state index in [1.165, 1.54) is 23.5 Å². The second kappa shape index (κ2) is 5.32. The van der Waals surface area contributed by atoms with E-state index in [0.29, 0.717) is 15.0 Å². The number of thiophene rings is 1. The molecule has 0 bridgehead atoms. The predicted molar refractivity (Wildman–Crippen MR) is 73.4 cm³/mol. The number of anilines is 1. The van der Waals surface area contributed by atoms with Crippen LogP contribution in [-0.2, 0) is 0 Å². The number of nitrogens with one attached hydrogen (secondary N) is 1. The van der Waals surface area contributed by atoms with Gasteiger partial charge < -0.3 is 10.4 Å². The molecular weight excluding hydrogens is 318 g/mol. The zero-order chi connectivity index (χ0) is 13.1. The van der Waals surface area contributed by atoms with Gasteiger partial charge in [-0.2, -0.15) is 0 Å². The van der Waals surface area contributed by atoms with Gasteiger partial charge in [0.25, 0.3) is 5.91 Å². The standard InChI is InChI=1S/C12H8BrNO3S/c13-8-4-7(12(16)17)5-9(6-8)14-11(15)10-2-1-3-18-10/h1-6H,(H,14,15)(H,16,17). The normalized spacial score (nSPS) is 10.1. The Labute approximate surface area is 115 Å². The van der Waals surface area contributed by atoms with Crippen molar-refractivity contribution >= 4 is 44.8 Å². The molecule has 0 radical (unpaired) electrons. The van der Waals surface area contributed by atoms with E-state index < -0.39 is 5.97 Å². The zero-order valence-electron chi connectivity index (χ0n) is 9.01. The van der Waals surface area contributed by atoms with Crippen molar-refractivity contribution in [2.45, 2.75) is 0 Å². The molecule has 18 heavy (non-hydrogen) atoms. The number of hydrogen-bond acceptors (Lipinski definition) is 3. The highest BCUT2D eigenvalue weighted by Gasteiger charge is 2.10. The van der Waals surface area contributed by atoms with Crippen LogP contribution >= 0.6 is 27.3 Å². The molecule has 1 heterocycles. The molecule has 0 spiro atoms. The van der Waals surface area contributed by atoms with Crippen molar-refractivity contribution in [1.82, 2.24) is 0 Å². The summed E-state index contributed by atoms with van der Waals surface area (Å²) in [5.41, 5.74) is 0.561. The summed E-state index contributed by atoms with van der Waals surface area (Å²) in [4.78, 5) is 23.3. The third-order valence-electron chi connectivity index (χ3n) is 2.15. The Morgan fingerprint density at radius 2 is 2.06 bits per heavy atom. The minimum atomic E-state index is -1.04. The number of hydrogen-bond donors (Lipinski definition) is 2. The average molecular weight is 326 g/mol. The summed E-state index contributed by atoms with van der Waals surface area (Å²) in [6, 6.07) is 8.03. The van der Waals surface area contributed by atoms with Crippen molar-refractivity contribution < 1.29 is 14.7 Å². The lowest BCUT2D eigenvalue weighted by Gasteiger charge is -2.05.